The lowest BCUT2D eigenvalue weighted by molar-refractivity contribution is -0.125. The molecule has 25 heavy (non-hydrogen) atoms. The zero-order valence-electron chi connectivity index (χ0n) is 15.0. The van der Waals surface area contributed by atoms with Gasteiger partial charge in [0.2, 0.25) is 5.91 Å². The first-order valence-electron chi connectivity index (χ1n) is 8.55. The van der Waals surface area contributed by atoms with Crippen molar-refractivity contribution in [2.75, 3.05) is 19.6 Å². The van der Waals surface area contributed by atoms with Gasteiger partial charge in [-0.15, -0.1) is 0 Å². The van der Waals surface area contributed by atoms with Crippen LogP contribution in [0.15, 0.2) is 18.2 Å². The van der Waals surface area contributed by atoms with Gasteiger partial charge in [0.05, 0.1) is 6.54 Å². The molecule has 2 rings (SSSR count). The third-order valence-electron chi connectivity index (χ3n) is 4.18. The number of imide groups is 1. The average Bonchev–Trinajstić information content (AvgIpc) is 2.85. The van der Waals surface area contributed by atoms with Gasteiger partial charge in [-0.2, -0.15) is 0 Å². The number of hydrogen-bond acceptors (Lipinski definition) is 3. The number of urea groups is 2. The van der Waals surface area contributed by atoms with Crippen molar-refractivity contribution in [2.45, 2.75) is 39.7 Å². The summed E-state index contributed by atoms with van der Waals surface area (Å²) < 4.78 is 0. The van der Waals surface area contributed by atoms with E-state index in [2.05, 4.69) is 48.0 Å². The van der Waals surface area contributed by atoms with Crippen LogP contribution in [0, 0.1) is 13.8 Å². The third-order valence-corrected chi connectivity index (χ3v) is 4.18. The second kappa shape index (κ2) is 8.50. The van der Waals surface area contributed by atoms with Crippen molar-refractivity contribution in [3.8, 4) is 0 Å². The van der Waals surface area contributed by atoms with Crippen molar-refractivity contribution in [1.29, 1.82) is 0 Å². The van der Waals surface area contributed by atoms with Gasteiger partial charge in [0, 0.05) is 19.1 Å². The second-order valence-corrected chi connectivity index (χ2v) is 6.49. The van der Waals surface area contributed by atoms with Crippen LogP contribution in [0.4, 0.5) is 9.59 Å². The van der Waals surface area contributed by atoms with Crippen LogP contribution in [0.1, 0.15) is 30.0 Å². The molecule has 7 heteroatoms. The van der Waals surface area contributed by atoms with Gasteiger partial charge in [0.1, 0.15) is 0 Å². The summed E-state index contributed by atoms with van der Waals surface area (Å²) in [4.78, 5) is 35.9. The quantitative estimate of drug-likeness (QED) is 0.516. The van der Waals surface area contributed by atoms with Crippen LogP contribution in [-0.4, -0.2) is 48.5 Å². The van der Waals surface area contributed by atoms with Gasteiger partial charge in [-0.25, -0.2) is 9.59 Å². The molecule has 0 bridgehead atoms. The molecule has 1 aliphatic heterocycles. The third kappa shape index (κ3) is 5.48. The summed E-state index contributed by atoms with van der Waals surface area (Å²) in [7, 11) is 0. The molecule has 1 heterocycles. The first-order valence-corrected chi connectivity index (χ1v) is 8.55. The number of carbonyl (C=O) groups excluding carboxylic acids is 3. The lowest BCUT2D eigenvalue weighted by Crippen LogP contribution is -2.42. The van der Waals surface area contributed by atoms with Crippen LogP contribution in [0.3, 0.4) is 0 Å². The van der Waals surface area contributed by atoms with Crippen molar-refractivity contribution in [1.82, 2.24) is 20.9 Å². The van der Waals surface area contributed by atoms with E-state index in [1.165, 1.54) is 21.6 Å². The van der Waals surface area contributed by atoms with E-state index >= 15 is 0 Å². The minimum Gasteiger partial charge on any atom is -0.338 e. The first-order chi connectivity index (χ1) is 11.9. The maximum Gasteiger partial charge on any atom is 0.324 e. The minimum atomic E-state index is -0.364. The zero-order chi connectivity index (χ0) is 18.4. The molecular weight excluding hydrogens is 320 g/mol. The summed E-state index contributed by atoms with van der Waals surface area (Å²) in [5, 5.41) is 8.13. The molecule has 5 amide bonds. The van der Waals surface area contributed by atoms with Crippen molar-refractivity contribution < 1.29 is 14.4 Å². The summed E-state index contributed by atoms with van der Waals surface area (Å²) in [6.45, 7) is 6.87. The molecule has 0 aliphatic carbocycles. The maximum absolute atomic E-state index is 11.9. The average molecular weight is 346 g/mol. The number of nitrogens with zero attached hydrogens (tertiary/aromatic N) is 1. The van der Waals surface area contributed by atoms with Crippen LogP contribution >= 0.6 is 0 Å². The smallest absolute Gasteiger partial charge is 0.324 e. The monoisotopic (exact) mass is 346 g/mol. The van der Waals surface area contributed by atoms with E-state index in [4.69, 9.17) is 0 Å². The van der Waals surface area contributed by atoms with Crippen molar-refractivity contribution in [3.63, 3.8) is 0 Å². The normalized spacial score (nSPS) is 15.1. The molecule has 3 N–H and O–H groups in total. The Morgan fingerprint density at radius 2 is 2.08 bits per heavy atom. The predicted octanol–water partition coefficient (Wildman–Crippen LogP) is 1.48. The number of hydrogen-bond donors (Lipinski definition) is 3. The molecule has 136 valence electrons. The van der Waals surface area contributed by atoms with Crippen molar-refractivity contribution in [2.24, 2.45) is 0 Å². The largest absolute Gasteiger partial charge is 0.338 e. The SMILES string of the molecule is Cc1ccc(CC(C)NC(=O)NCCCN2C(=O)CNC2=O)c(C)c1. The molecule has 1 fully saturated rings. The van der Waals surface area contributed by atoms with Gasteiger partial charge < -0.3 is 16.0 Å². The maximum atomic E-state index is 11.9. The molecule has 1 saturated heterocycles. The summed E-state index contributed by atoms with van der Waals surface area (Å²) in [6.07, 6.45) is 1.29. The number of aryl methyl sites for hydroxylation is 2. The number of benzene rings is 1. The topological polar surface area (TPSA) is 90.5 Å². The zero-order valence-corrected chi connectivity index (χ0v) is 15.0. The molecule has 0 aromatic heterocycles. The van der Waals surface area contributed by atoms with E-state index in [0.29, 0.717) is 19.5 Å². The fourth-order valence-electron chi connectivity index (χ4n) is 2.85. The number of amides is 5. The summed E-state index contributed by atoms with van der Waals surface area (Å²) >= 11 is 0. The number of carbonyl (C=O) groups is 3. The van der Waals surface area contributed by atoms with Crippen LogP contribution in [0.25, 0.3) is 0 Å². The standard InChI is InChI=1S/C18H26N4O3/c1-12-5-6-15(13(2)9-12)10-14(3)21-17(24)19-7-4-8-22-16(23)11-20-18(22)25/h5-6,9,14H,4,7-8,10-11H2,1-3H3,(H,20,25)(H2,19,21,24). The lowest BCUT2D eigenvalue weighted by atomic mass is 10.00. The fraction of sp³-hybridized carbons (Fsp3) is 0.500. The Morgan fingerprint density at radius 1 is 1.32 bits per heavy atom. The van der Waals surface area contributed by atoms with Crippen LogP contribution in [-0.2, 0) is 11.2 Å². The Labute approximate surface area is 148 Å². The van der Waals surface area contributed by atoms with Gasteiger partial charge in [0.25, 0.3) is 0 Å². The Bertz CT molecular complexity index is 644. The highest BCUT2D eigenvalue weighted by atomic mass is 16.2. The lowest BCUT2D eigenvalue weighted by Gasteiger charge is -2.17. The summed E-state index contributed by atoms with van der Waals surface area (Å²) in [6, 6.07) is 5.71. The Hall–Kier alpha value is -2.57. The van der Waals surface area contributed by atoms with E-state index in [0.717, 1.165) is 6.42 Å². The van der Waals surface area contributed by atoms with Crippen molar-refractivity contribution in [3.05, 3.63) is 34.9 Å². The first kappa shape index (κ1) is 18.8. The Kier molecular flexibility index (Phi) is 6.38. The van der Waals surface area contributed by atoms with Crippen LogP contribution < -0.4 is 16.0 Å². The van der Waals surface area contributed by atoms with Gasteiger partial charge >= 0.3 is 12.1 Å². The van der Waals surface area contributed by atoms with Gasteiger partial charge in [-0.1, -0.05) is 23.8 Å². The molecular formula is C18H26N4O3. The highest BCUT2D eigenvalue weighted by molar-refractivity contribution is 6.01. The highest BCUT2D eigenvalue weighted by Gasteiger charge is 2.27. The van der Waals surface area contributed by atoms with Gasteiger partial charge in [-0.3, -0.25) is 9.69 Å². The van der Waals surface area contributed by atoms with Gasteiger partial charge in [0.15, 0.2) is 0 Å². The molecule has 0 saturated carbocycles. The van der Waals surface area contributed by atoms with Crippen molar-refractivity contribution >= 4 is 18.0 Å². The molecule has 1 atom stereocenters. The predicted molar refractivity (Wildman–Crippen MR) is 95.3 cm³/mol. The van der Waals surface area contributed by atoms with Crippen LogP contribution in [0.5, 0.6) is 0 Å². The molecule has 1 unspecified atom stereocenters. The molecule has 0 spiro atoms. The Balaban J connectivity index is 1.67. The van der Waals surface area contributed by atoms with E-state index in [-0.39, 0.29) is 30.6 Å². The van der Waals surface area contributed by atoms with E-state index in [9.17, 15) is 14.4 Å². The van der Waals surface area contributed by atoms with E-state index < -0.39 is 0 Å². The van der Waals surface area contributed by atoms with E-state index in [1.807, 2.05) is 6.92 Å². The van der Waals surface area contributed by atoms with Gasteiger partial charge in [-0.05, 0) is 44.7 Å². The summed E-state index contributed by atoms with van der Waals surface area (Å²) in [5.41, 5.74) is 3.67. The molecule has 1 aliphatic rings. The minimum absolute atomic E-state index is 0.00680. The number of rotatable bonds is 7. The highest BCUT2D eigenvalue weighted by Crippen LogP contribution is 2.12. The molecule has 1 aromatic carbocycles. The fourth-order valence-corrected chi connectivity index (χ4v) is 2.85. The summed E-state index contributed by atoms with van der Waals surface area (Å²) in [5.74, 6) is -0.225. The molecule has 1 aromatic rings. The molecule has 7 nitrogen and oxygen atoms in total. The van der Waals surface area contributed by atoms with Crippen LogP contribution in [0.2, 0.25) is 0 Å². The van der Waals surface area contributed by atoms with E-state index in [1.54, 1.807) is 0 Å². The molecule has 0 radical (unpaired) electrons. The Morgan fingerprint density at radius 3 is 2.72 bits per heavy atom. The number of nitrogens with one attached hydrogen (secondary N) is 3. The second-order valence-electron chi connectivity index (χ2n) is 6.49.